The zero-order valence-electron chi connectivity index (χ0n) is 16.1. The summed E-state index contributed by atoms with van der Waals surface area (Å²) < 4.78 is 26.1. The maximum atomic E-state index is 13.9. The maximum absolute atomic E-state index is 13.9. The van der Waals surface area contributed by atoms with Crippen LogP contribution >= 0.6 is 27.7 Å². The van der Waals surface area contributed by atoms with Gasteiger partial charge in [-0.3, -0.25) is 14.5 Å². The van der Waals surface area contributed by atoms with E-state index in [9.17, 15) is 14.0 Å². The maximum Gasteiger partial charge on any atom is 0.289 e. The number of ether oxygens (including phenoxy) is 2. The summed E-state index contributed by atoms with van der Waals surface area (Å²) in [5.74, 6) is 0.467. The molecule has 0 saturated carbocycles. The monoisotopic (exact) mass is 481 g/mol. The molecule has 1 saturated heterocycles. The molecule has 2 amide bonds. The molecule has 2 aromatic carbocycles. The molecule has 1 aliphatic heterocycles. The number of hydrogen-bond donors (Lipinski definition) is 0. The Morgan fingerprint density at radius 3 is 2.59 bits per heavy atom. The Kier molecular flexibility index (Phi) is 7.18. The van der Waals surface area contributed by atoms with E-state index in [2.05, 4.69) is 15.9 Å². The fraction of sp³-hybridized carbons (Fsp3) is 0.333. The van der Waals surface area contributed by atoms with Crippen molar-refractivity contribution in [1.82, 2.24) is 4.90 Å². The SMILES string of the molecule is CCOc1cc(C[C@H]2SC(=O)N(CC)C2=O)cc(Br)c1OCc1ccccc1F. The van der Waals surface area contributed by atoms with Crippen molar-refractivity contribution in [3.8, 4) is 11.5 Å². The number of hydrogen-bond acceptors (Lipinski definition) is 5. The van der Waals surface area contributed by atoms with Crippen molar-refractivity contribution < 1.29 is 23.5 Å². The van der Waals surface area contributed by atoms with Crippen LogP contribution in [0.3, 0.4) is 0 Å². The summed E-state index contributed by atoms with van der Waals surface area (Å²) >= 11 is 4.54. The van der Waals surface area contributed by atoms with Crippen molar-refractivity contribution in [2.45, 2.75) is 32.1 Å². The summed E-state index contributed by atoms with van der Waals surface area (Å²) in [5, 5.41) is -0.662. The summed E-state index contributed by atoms with van der Waals surface area (Å²) in [6.07, 6.45) is 0.401. The standard InChI is InChI=1S/C21H21BrFNO4S/c1-3-24-20(25)18(29-21(24)26)11-13-9-15(22)19(17(10-13)27-4-2)28-12-14-7-5-6-8-16(14)23/h5-10,18H,3-4,11-12H2,1-2H3/t18-/m1/s1. The van der Waals surface area contributed by atoms with Crippen LogP contribution in [0.2, 0.25) is 0 Å². The van der Waals surface area contributed by atoms with E-state index < -0.39 is 5.25 Å². The van der Waals surface area contributed by atoms with E-state index in [4.69, 9.17) is 9.47 Å². The number of thioether (sulfide) groups is 1. The molecule has 2 aromatic rings. The van der Waals surface area contributed by atoms with Gasteiger partial charge in [0.2, 0.25) is 5.91 Å². The molecule has 1 aliphatic rings. The van der Waals surface area contributed by atoms with Crippen molar-refractivity contribution in [2.24, 2.45) is 0 Å². The fourth-order valence-corrected chi connectivity index (χ4v) is 4.73. The molecule has 0 N–H and O–H groups in total. The van der Waals surface area contributed by atoms with Crippen LogP contribution in [0.5, 0.6) is 11.5 Å². The minimum absolute atomic E-state index is 0.0572. The van der Waals surface area contributed by atoms with Gasteiger partial charge in [0, 0.05) is 12.1 Å². The van der Waals surface area contributed by atoms with Gasteiger partial charge in [0.25, 0.3) is 5.24 Å². The Bertz CT molecular complexity index is 924. The first-order valence-corrected chi connectivity index (χ1v) is 10.9. The molecule has 0 radical (unpaired) electrons. The van der Waals surface area contributed by atoms with Crippen LogP contribution in [-0.2, 0) is 17.8 Å². The lowest BCUT2D eigenvalue weighted by molar-refractivity contribution is -0.126. The number of carbonyl (C=O) groups is 2. The topological polar surface area (TPSA) is 55.8 Å². The van der Waals surface area contributed by atoms with E-state index in [1.165, 1.54) is 11.0 Å². The second-order valence-electron chi connectivity index (χ2n) is 6.38. The van der Waals surface area contributed by atoms with Crippen LogP contribution in [0.1, 0.15) is 25.0 Å². The summed E-state index contributed by atoms with van der Waals surface area (Å²) in [7, 11) is 0. The van der Waals surface area contributed by atoms with Crippen molar-refractivity contribution >= 4 is 38.8 Å². The van der Waals surface area contributed by atoms with Gasteiger partial charge in [-0.2, -0.15) is 0 Å². The van der Waals surface area contributed by atoms with Gasteiger partial charge >= 0.3 is 0 Å². The average molecular weight is 482 g/mol. The highest BCUT2D eigenvalue weighted by atomic mass is 79.9. The number of carbonyl (C=O) groups excluding carboxylic acids is 2. The zero-order chi connectivity index (χ0) is 21.0. The molecule has 0 aromatic heterocycles. The molecule has 1 atom stereocenters. The van der Waals surface area contributed by atoms with E-state index >= 15 is 0 Å². The lowest BCUT2D eigenvalue weighted by Gasteiger charge is -2.17. The predicted octanol–water partition coefficient (Wildman–Crippen LogP) is 5.19. The quantitative estimate of drug-likeness (QED) is 0.518. The lowest BCUT2D eigenvalue weighted by atomic mass is 10.1. The molecule has 1 fully saturated rings. The van der Waals surface area contributed by atoms with Gasteiger partial charge in [-0.15, -0.1) is 0 Å². The second-order valence-corrected chi connectivity index (χ2v) is 8.39. The van der Waals surface area contributed by atoms with E-state index in [-0.39, 0.29) is 23.6 Å². The van der Waals surface area contributed by atoms with Gasteiger partial charge in [-0.1, -0.05) is 30.0 Å². The molecule has 0 bridgehead atoms. The van der Waals surface area contributed by atoms with Crippen molar-refractivity contribution in [3.05, 3.63) is 57.8 Å². The zero-order valence-corrected chi connectivity index (χ0v) is 18.5. The van der Waals surface area contributed by atoms with Crippen LogP contribution < -0.4 is 9.47 Å². The fourth-order valence-electron chi connectivity index (χ4n) is 3.04. The van der Waals surface area contributed by atoms with Crippen LogP contribution in [0.25, 0.3) is 0 Å². The average Bonchev–Trinajstić information content (AvgIpc) is 2.95. The van der Waals surface area contributed by atoms with Gasteiger partial charge in [-0.25, -0.2) is 4.39 Å². The molecule has 1 heterocycles. The predicted molar refractivity (Wildman–Crippen MR) is 114 cm³/mol. The summed E-state index contributed by atoms with van der Waals surface area (Å²) in [5.41, 5.74) is 1.28. The normalized spacial score (nSPS) is 16.4. The van der Waals surface area contributed by atoms with Crippen molar-refractivity contribution in [1.29, 1.82) is 0 Å². The summed E-state index contributed by atoms with van der Waals surface area (Å²) in [6, 6.07) is 10.1. The van der Waals surface area contributed by atoms with E-state index in [1.807, 2.05) is 13.0 Å². The number of nitrogens with zero attached hydrogens (tertiary/aromatic N) is 1. The van der Waals surface area contributed by atoms with E-state index in [1.54, 1.807) is 31.2 Å². The summed E-state index contributed by atoms with van der Waals surface area (Å²) in [4.78, 5) is 25.6. The third-order valence-electron chi connectivity index (χ3n) is 4.44. The van der Waals surface area contributed by atoms with Gasteiger partial charge in [0.05, 0.1) is 16.3 Å². The Hall–Kier alpha value is -2.06. The molecule has 0 spiro atoms. The Labute approximate surface area is 181 Å². The molecule has 154 valence electrons. The molecular formula is C21H21BrFNO4S. The Morgan fingerprint density at radius 1 is 1.17 bits per heavy atom. The molecule has 0 aliphatic carbocycles. The molecule has 0 unspecified atom stereocenters. The molecule has 3 rings (SSSR count). The van der Waals surface area contributed by atoms with Gasteiger partial charge in [0.1, 0.15) is 12.4 Å². The van der Waals surface area contributed by atoms with E-state index in [0.29, 0.717) is 41.1 Å². The number of halogens is 2. The van der Waals surface area contributed by atoms with Crippen LogP contribution in [0, 0.1) is 5.82 Å². The van der Waals surface area contributed by atoms with Gasteiger partial charge in [0.15, 0.2) is 11.5 Å². The van der Waals surface area contributed by atoms with Crippen molar-refractivity contribution in [3.63, 3.8) is 0 Å². The lowest BCUT2D eigenvalue weighted by Crippen LogP contribution is -2.31. The van der Waals surface area contributed by atoms with E-state index in [0.717, 1.165) is 17.3 Å². The van der Waals surface area contributed by atoms with Crippen molar-refractivity contribution in [2.75, 3.05) is 13.2 Å². The minimum atomic E-state index is -0.450. The third-order valence-corrected chi connectivity index (χ3v) is 6.11. The largest absolute Gasteiger partial charge is 0.490 e. The Balaban J connectivity index is 1.80. The van der Waals surface area contributed by atoms with Gasteiger partial charge < -0.3 is 9.47 Å². The minimum Gasteiger partial charge on any atom is -0.490 e. The Morgan fingerprint density at radius 2 is 1.93 bits per heavy atom. The van der Waals surface area contributed by atoms with Crippen LogP contribution in [-0.4, -0.2) is 34.4 Å². The first-order valence-electron chi connectivity index (χ1n) is 9.28. The second kappa shape index (κ2) is 9.63. The van der Waals surface area contributed by atoms with Crippen LogP contribution in [0.4, 0.5) is 9.18 Å². The first kappa shape index (κ1) is 21.6. The number of imide groups is 1. The highest BCUT2D eigenvalue weighted by molar-refractivity contribution is 9.10. The summed E-state index contributed by atoms with van der Waals surface area (Å²) in [6.45, 7) is 4.49. The molecule has 8 heteroatoms. The number of amides is 2. The third kappa shape index (κ3) is 4.93. The highest BCUT2D eigenvalue weighted by Crippen LogP contribution is 2.39. The highest BCUT2D eigenvalue weighted by Gasteiger charge is 2.38. The molecule has 29 heavy (non-hydrogen) atoms. The molecule has 5 nitrogen and oxygen atoms in total. The van der Waals surface area contributed by atoms with Gasteiger partial charge in [-0.05, 0) is 60.0 Å². The number of benzene rings is 2. The molecular weight excluding hydrogens is 461 g/mol. The van der Waals surface area contributed by atoms with Crippen LogP contribution in [0.15, 0.2) is 40.9 Å². The smallest absolute Gasteiger partial charge is 0.289 e. The first-order chi connectivity index (χ1) is 13.9. The number of rotatable bonds is 8.